The van der Waals surface area contributed by atoms with Crippen molar-refractivity contribution < 1.29 is 9.47 Å². The smallest absolute Gasteiger partial charge is 0.138 e. The third-order valence-corrected chi connectivity index (χ3v) is 3.87. The molecule has 0 bridgehead atoms. The highest BCUT2D eigenvalue weighted by Crippen LogP contribution is 2.29. The van der Waals surface area contributed by atoms with Gasteiger partial charge < -0.3 is 9.47 Å². The number of benzene rings is 2. The Morgan fingerprint density at radius 2 is 1.85 bits per heavy atom. The van der Waals surface area contributed by atoms with Gasteiger partial charge in [0.1, 0.15) is 18.1 Å². The summed E-state index contributed by atoms with van der Waals surface area (Å²) in [6, 6.07) is 11.3. The lowest BCUT2D eigenvalue weighted by molar-refractivity contribution is 0.296. The van der Waals surface area contributed by atoms with Crippen LogP contribution in [0.5, 0.6) is 11.5 Å². The predicted molar refractivity (Wildman–Crippen MR) is 86.0 cm³/mol. The fraction of sp³-hybridized carbons (Fsp3) is 0.200. The Kier molecular flexibility index (Phi) is 5.58. The predicted octanol–water partition coefficient (Wildman–Crippen LogP) is 5.43. The molecule has 0 heterocycles. The Hall–Kier alpha value is -0.900. The van der Waals surface area contributed by atoms with Gasteiger partial charge in [-0.25, -0.2) is 0 Å². The monoisotopic (exact) mass is 374 g/mol. The first kappa shape index (κ1) is 15.5. The fourth-order valence-electron chi connectivity index (χ4n) is 1.76. The van der Waals surface area contributed by atoms with Gasteiger partial charge >= 0.3 is 0 Å². The molecule has 0 unspecified atom stereocenters. The average molecular weight is 376 g/mol. The molecule has 0 fully saturated rings. The zero-order chi connectivity index (χ0) is 14.5. The second-order valence-corrected chi connectivity index (χ2v) is 5.73. The maximum absolute atomic E-state index is 6.16. The van der Waals surface area contributed by atoms with E-state index in [9.17, 15) is 0 Å². The molecule has 2 nitrogen and oxygen atoms in total. The number of hydrogen-bond donors (Lipinski definition) is 0. The summed E-state index contributed by atoms with van der Waals surface area (Å²) in [4.78, 5) is 0. The van der Waals surface area contributed by atoms with Crippen molar-refractivity contribution in [1.29, 1.82) is 0 Å². The van der Waals surface area contributed by atoms with Gasteiger partial charge in [-0.15, -0.1) is 11.6 Å². The molecule has 0 aliphatic heterocycles. The van der Waals surface area contributed by atoms with Crippen LogP contribution in [0.3, 0.4) is 0 Å². The van der Waals surface area contributed by atoms with Gasteiger partial charge in [-0.3, -0.25) is 0 Å². The van der Waals surface area contributed by atoms with Crippen molar-refractivity contribution in [3.8, 4) is 11.5 Å². The summed E-state index contributed by atoms with van der Waals surface area (Å²) in [5, 5.41) is 0.553. The first-order chi connectivity index (χ1) is 9.63. The number of alkyl halides is 1. The van der Waals surface area contributed by atoms with Crippen LogP contribution in [-0.2, 0) is 12.5 Å². The Bertz CT molecular complexity index is 602. The number of hydrogen-bond acceptors (Lipinski definition) is 2. The normalized spacial score (nSPS) is 10.4. The van der Waals surface area contributed by atoms with Crippen molar-refractivity contribution in [2.45, 2.75) is 12.5 Å². The van der Waals surface area contributed by atoms with Crippen LogP contribution in [0.1, 0.15) is 11.1 Å². The Balaban J connectivity index is 2.14. The SMILES string of the molecule is COc1ccc(Br)cc1COc1ccc(CCl)cc1Cl. The van der Waals surface area contributed by atoms with E-state index in [0.717, 1.165) is 21.3 Å². The maximum Gasteiger partial charge on any atom is 0.138 e. The molecular formula is C15H13BrCl2O2. The fourth-order valence-corrected chi connectivity index (χ4v) is 2.59. The van der Waals surface area contributed by atoms with E-state index in [2.05, 4.69) is 15.9 Å². The van der Waals surface area contributed by atoms with Gasteiger partial charge in [0, 0.05) is 15.9 Å². The topological polar surface area (TPSA) is 18.5 Å². The molecule has 2 rings (SSSR count). The van der Waals surface area contributed by atoms with E-state index >= 15 is 0 Å². The first-order valence-electron chi connectivity index (χ1n) is 5.93. The molecule has 0 spiro atoms. The van der Waals surface area contributed by atoms with Gasteiger partial charge in [-0.05, 0) is 35.9 Å². The highest BCUT2D eigenvalue weighted by molar-refractivity contribution is 9.10. The van der Waals surface area contributed by atoms with Crippen molar-refractivity contribution in [3.63, 3.8) is 0 Å². The van der Waals surface area contributed by atoms with Gasteiger partial charge in [0.2, 0.25) is 0 Å². The molecule has 0 N–H and O–H groups in total. The number of methoxy groups -OCH3 is 1. The summed E-state index contributed by atoms with van der Waals surface area (Å²) in [7, 11) is 1.63. The summed E-state index contributed by atoms with van der Waals surface area (Å²) in [6.45, 7) is 0.378. The Morgan fingerprint density at radius 1 is 1.10 bits per heavy atom. The summed E-state index contributed by atoms with van der Waals surface area (Å²) in [5.41, 5.74) is 1.91. The quantitative estimate of drug-likeness (QED) is 0.648. The minimum Gasteiger partial charge on any atom is -0.496 e. The van der Waals surface area contributed by atoms with Gasteiger partial charge in [0.25, 0.3) is 0 Å². The van der Waals surface area contributed by atoms with E-state index in [1.54, 1.807) is 7.11 Å². The molecule has 106 valence electrons. The Morgan fingerprint density at radius 3 is 2.50 bits per heavy atom. The molecule has 2 aromatic rings. The molecule has 0 radical (unpaired) electrons. The Labute approximate surface area is 136 Å². The lowest BCUT2D eigenvalue weighted by Gasteiger charge is -2.12. The van der Waals surface area contributed by atoms with Crippen LogP contribution in [0.25, 0.3) is 0 Å². The number of rotatable bonds is 5. The molecule has 0 saturated carbocycles. The molecule has 0 aliphatic carbocycles. The van der Waals surface area contributed by atoms with Gasteiger partial charge in [-0.2, -0.15) is 0 Å². The lowest BCUT2D eigenvalue weighted by Crippen LogP contribution is -1.99. The summed E-state index contributed by atoms with van der Waals surface area (Å²) in [5.74, 6) is 1.84. The van der Waals surface area contributed by atoms with Crippen LogP contribution >= 0.6 is 39.1 Å². The molecule has 0 aromatic heterocycles. The molecular weight excluding hydrogens is 363 g/mol. The van der Waals surface area contributed by atoms with Crippen LogP contribution in [0.4, 0.5) is 0 Å². The second kappa shape index (κ2) is 7.21. The largest absolute Gasteiger partial charge is 0.496 e. The summed E-state index contributed by atoms with van der Waals surface area (Å²) in [6.07, 6.45) is 0. The van der Waals surface area contributed by atoms with Crippen LogP contribution in [0, 0.1) is 0 Å². The van der Waals surface area contributed by atoms with Gasteiger partial charge in [-0.1, -0.05) is 33.6 Å². The van der Waals surface area contributed by atoms with Gasteiger partial charge in [0.15, 0.2) is 0 Å². The molecule has 2 aromatic carbocycles. The summed E-state index contributed by atoms with van der Waals surface area (Å²) < 4.78 is 12.0. The van der Waals surface area contributed by atoms with Gasteiger partial charge in [0.05, 0.1) is 12.1 Å². The minimum absolute atomic E-state index is 0.378. The molecule has 0 aliphatic rings. The maximum atomic E-state index is 6.16. The third kappa shape index (κ3) is 3.81. The van der Waals surface area contributed by atoms with Crippen molar-refractivity contribution in [2.75, 3.05) is 7.11 Å². The minimum atomic E-state index is 0.378. The standard InChI is InChI=1S/C15H13BrCl2O2/c1-19-14-5-3-12(16)7-11(14)9-20-15-4-2-10(8-17)6-13(15)18/h2-7H,8-9H2,1H3. The van der Waals surface area contributed by atoms with Crippen LogP contribution in [0.2, 0.25) is 5.02 Å². The molecule has 0 atom stereocenters. The van der Waals surface area contributed by atoms with Crippen molar-refractivity contribution >= 4 is 39.1 Å². The van der Waals surface area contributed by atoms with E-state index in [-0.39, 0.29) is 0 Å². The highest BCUT2D eigenvalue weighted by Gasteiger charge is 2.07. The van der Waals surface area contributed by atoms with Crippen molar-refractivity contribution in [2.24, 2.45) is 0 Å². The molecule has 0 saturated heterocycles. The van der Waals surface area contributed by atoms with Crippen LogP contribution in [0.15, 0.2) is 40.9 Å². The van der Waals surface area contributed by atoms with Crippen molar-refractivity contribution in [3.05, 3.63) is 57.0 Å². The van der Waals surface area contributed by atoms with E-state index in [1.807, 2.05) is 36.4 Å². The molecule has 5 heteroatoms. The van der Waals surface area contributed by atoms with E-state index in [0.29, 0.717) is 23.3 Å². The van der Waals surface area contributed by atoms with Crippen LogP contribution < -0.4 is 9.47 Å². The summed E-state index contributed by atoms with van der Waals surface area (Å²) >= 11 is 15.3. The highest BCUT2D eigenvalue weighted by atomic mass is 79.9. The molecule has 20 heavy (non-hydrogen) atoms. The lowest BCUT2D eigenvalue weighted by atomic mass is 10.2. The number of halogens is 3. The third-order valence-electron chi connectivity index (χ3n) is 2.78. The van der Waals surface area contributed by atoms with E-state index < -0.39 is 0 Å². The second-order valence-electron chi connectivity index (χ2n) is 4.14. The molecule has 0 amide bonds. The number of ether oxygens (including phenoxy) is 2. The van der Waals surface area contributed by atoms with E-state index in [4.69, 9.17) is 32.7 Å². The zero-order valence-corrected chi connectivity index (χ0v) is 13.9. The van der Waals surface area contributed by atoms with E-state index in [1.165, 1.54) is 0 Å². The average Bonchev–Trinajstić information content (AvgIpc) is 2.46. The van der Waals surface area contributed by atoms with Crippen molar-refractivity contribution in [1.82, 2.24) is 0 Å². The van der Waals surface area contributed by atoms with Crippen LogP contribution in [-0.4, -0.2) is 7.11 Å². The zero-order valence-electron chi connectivity index (χ0n) is 10.8. The first-order valence-corrected chi connectivity index (χ1v) is 7.64.